The predicted molar refractivity (Wildman–Crippen MR) is 112 cm³/mol. The van der Waals surface area contributed by atoms with E-state index in [9.17, 15) is 10.1 Å². The number of nitrogens with zero attached hydrogens (tertiary/aromatic N) is 1. The fourth-order valence-corrected chi connectivity index (χ4v) is 2.97. The molecule has 1 amide bonds. The van der Waals surface area contributed by atoms with Crippen LogP contribution in [0.5, 0.6) is 17.2 Å². The van der Waals surface area contributed by atoms with Crippen molar-refractivity contribution in [2.45, 2.75) is 0 Å². The Morgan fingerprint density at radius 3 is 2.17 bits per heavy atom. The normalized spacial score (nSPS) is 10.9. The van der Waals surface area contributed by atoms with Crippen molar-refractivity contribution >= 4 is 28.4 Å². The molecule has 0 aliphatic carbocycles. The van der Waals surface area contributed by atoms with Crippen LogP contribution in [-0.2, 0) is 4.79 Å². The van der Waals surface area contributed by atoms with Crippen LogP contribution in [0.1, 0.15) is 5.56 Å². The number of methoxy groups -OCH3 is 3. The summed E-state index contributed by atoms with van der Waals surface area (Å²) in [6, 6.07) is 18.7. The number of rotatable bonds is 6. The van der Waals surface area contributed by atoms with Gasteiger partial charge in [-0.05, 0) is 46.7 Å². The molecular weight excluding hydrogens is 368 g/mol. The van der Waals surface area contributed by atoms with Gasteiger partial charge in [0.1, 0.15) is 11.6 Å². The summed E-state index contributed by atoms with van der Waals surface area (Å²) in [5.41, 5.74) is 1.14. The highest BCUT2D eigenvalue weighted by molar-refractivity contribution is 6.10. The molecule has 3 aromatic carbocycles. The lowest BCUT2D eigenvalue weighted by Crippen LogP contribution is -2.13. The second kappa shape index (κ2) is 8.81. The summed E-state index contributed by atoms with van der Waals surface area (Å²) < 4.78 is 15.9. The Bertz CT molecular complexity index is 1100. The zero-order chi connectivity index (χ0) is 20.8. The van der Waals surface area contributed by atoms with E-state index in [1.807, 2.05) is 42.5 Å². The fourth-order valence-electron chi connectivity index (χ4n) is 2.97. The lowest BCUT2D eigenvalue weighted by atomic mass is 10.1. The highest BCUT2D eigenvalue weighted by atomic mass is 16.5. The maximum absolute atomic E-state index is 12.6. The highest BCUT2D eigenvalue weighted by Gasteiger charge is 2.15. The molecule has 6 nitrogen and oxygen atoms in total. The number of nitrogens with one attached hydrogen (secondary N) is 1. The van der Waals surface area contributed by atoms with E-state index >= 15 is 0 Å². The molecule has 0 aromatic heterocycles. The third-order valence-electron chi connectivity index (χ3n) is 4.37. The van der Waals surface area contributed by atoms with Crippen molar-refractivity contribution in [3.63, 3.8) is 0 Å². The van der Waals surface area contributed by atoms with E-state index in [4.69, 9.17) is 14.2 Å². The van der Waals surface area contributed by atoms with Gasteiger partial charge in [-0.2, -0.15) is 5.26 Å². The number of carbonyl (C=O) groups excluding carboxylic acids is 1. The van der Waals surface area contributed by atoms with Crippen LogP contribution in [0.2, 0.25) is 0 Å². The molecule has 0 aliphatic heterocycles. The number of hydrogen-bond donors (Lipinski definition) is 1. The second-order valence-electron chi connectivity index (χ2n) is 6.14. The lowest BCUT2D eigenvalue weighted by molar-refractivity contribution is -0.112. The molecule has 0 atom stereocenters. The first-order valence-electron chi connectivity index (χ1n) is 8.81. The first-order chi connectivity index (χ1) is 14.1. The third kappa shape index (κ3) is 4.30. The molecule has 29 heavy (non-hydrogen) atoms. The van der Waals surface area contributed by atoms with E-state index in [2.05, 4.69) is 5.32 Å². The minimum Gasteiger partial charge on any atom is -0.493 e. The molecule has 1 N–H and O–H groups in total. The Morgan fingerprint density at radius 1 is 0.931 bits per heavy atom. The highest BCUT2D eigenvalue weighted by Crippen LogP contribution is 2.38. The predicted octanol–water partition coefficient (Wildman–Crippen LogP) is 4.41. The van der Waals surface area contributed by atoms with E-state index < -0.39 is 5.91 Å². The van der Waals surface area contributed by atoms with Crippen LogP contribution in [0.15, 0.2) is 60.2 Å². The number of carbonyl (C=O) groups is 1. The first-order valence-corrected chi connectivity index (χ1v) is 8.81. The number of fused-ring (bicyclic) bond motifs is 1. The Hall–Kier alpha value is -3.98. The standard InChI is InChI=1S/C23H20N2O4/c1-27-20-11-15(12-21(28-2)22(20)29-3)10-18(14-24)23(26)25-19-9-8-16-6-4-5-7-17(16)13-19/h4-13H,1-3H3,(H,25,26)/b18-10+. The van der Waals surface area contributed by atoms with Crippen molar-refractivity contribution in [2.24, 2.45) is 0 Å². The lowest BCUT2D eigenvalue weighted by Gasteiger charge is -2.13. The van der Waals surface area contributed by atoms with Crippen LogP contribution in [-0.4, -0.2) is 27.2 Å². The van der Waals surface area contributed by atoms with Crippen molar-refractivity contribution in [1.29, 1.82) is 5.26 Å². The zero-order valence-corrected chi connectivity index (χ0v) is 16.4. The summed E-state index contributed by atoms with van der Waals surface area (Å²) >= 11 is 0. The molecule has 0 bridgehead atoms. The van der Waals surface area contributed by atoms with Crippen LogP contribution in [0.4, 0.5) is 5.69 Å². The van der Waals surface area contributed by atoms with E-state index in [0.29, 0.717) is 28.5 Å². The van der Waals surface area contributed by atoms with E-state index in [1.54, 1.807) is 18.2 Å². The van der Waals surface area contributed by atoms with Crippen molar-refractivity contribution < 1.29 is 19.0 Å². The van der Waals surface area contributed by atoms with E-state index in [1.165, 1.54) is 27.4 Å². The van der Waals surface area contributed by atoms with Gasteiger partial charge in [0.2, 0.25) is 5.75 Å². The molecule has 0 unspecified atom stereocenters. The monoisotopic (exact) mass is 388 g/mol. The Kier molecular flexibility index (Phi) is 6.00. The molecule has 0 saturated carbocycles. The third-order valence-corrected chi connectivity index (χ3v) is 4.37. The molecular formula is C23H20N2O4. The number of amides is 1. The second-order valence-corrected chi connectivity index (χ2v) is 6.14. The van der Waals surface area contributed by atoms with Crippen molar-refractivity contribution in [2.75, 3.05) is 26.6 Å². The van der Waals surface area contributed by atoms with Crippen LogP contribution >= 0.6 is 0 Å². The maximum atomic E-state index is 12.6. The van der Waals surface area contributed by atoms with Crippen LogP contribution in [0, 0.1) is 11.3 Å². The fraction of sp³-hybridized carbons (Fsp3) is 0.130. The van der Waals surface area contributed by atoms with Crippen molar-refractivity contribution in [3.05, 3.63) is 65.7 Å². The van der Waals surface area contributed by atoms with Gasteiger partial charge in [0, 0.05) is 5.69 Å². The topological polar surface area (TPSA) is 80.6 Å². The molecule has 0 heterocycles. The smallest absolute Gasteiger partial charge is 0.266 e. The van der Waals surface area contributed by atoms with Crippen molar-refractivity contribution in [3.8, 4) is 23.3 Å². The summed E-state index contributed by atoms with van der Waals surface area (Å²) in [5, 5.41) is 14.3. The van der Waals surface area contributed by atoms with Gasteiger partial charge in [0.25, 0.3) is 5.91 Å². The number of hydrogen-bond acceptors (Lipinski definition) is 5. The molecule has 6 heteroatoms. The Balaban J connectivity index is 1.90. The van der Waals surface area contributed by atoms with Gasteiger partial charge in [-0.1, -0.05) is 30.3 Å². The van der Waals surface area contributed by atoms with Gasteiger partial charge >= 0.3 is 0 Å². The van der Waals surface area contributed by atoms with E-state index in [0.717, 1.165) is 10.8 Å². The van der Waals surface area contributed by atoms with Gasteiger partial charge in [-0.3, -0.25) is 4.79 Å². The molecule has 0 aliphatic rings. The summed E-state index contributed by atoms with van der Waals surface area (Å²) in [4.78, 5) is 12.6. The number of benzene rings is 3. The maximum Gasteiger partial charge on any atom is 0.266 e. The number of ether oxygens (including phenoxy) is 3. The van der Waals surface area contributed by atoms with Gasteiger partial charge in [-0.25, -0.2) is 0 Å². The molecule has 0 spiro atoms. The number of anilines is 1. The van der Waals surface area contributed by atoms with Gasteiger partial charge in [0.05, 0.1) is 21.3 Å². The molecule has 0 radical (unpaired) electrons. The van der Waals surface area contributed by atoms with Gasteiger partial charge in [-0.15, -0.1) is 0 Å². The Labute approximate surface area is 168 Å². The largest absolute Gasteiger partial charge is 0.493 e. The molecule has 3 aromatic rings. The molecule has 146 valence electrons. The summed E-state index contributed by atoms with van der Waals surface area (Å²) in [7, 11) is 4.51. The van der Waals surface area contributed by atoms with Crippen LogP contribution in [0.3, 0.4) is 0 Å². The van der Waals surface area contributed by atoms with Gasteiger partial charge in [0.15, 0.2) is 11.5 Å². The molecule has 0 fully saturated rings. The summed E-state index contributed by atoms with van der Waals surface area (Å²) in [5.74, 6) is 0.804. The molecule has 0 saturated heterocycles. The average Bonchev–Trinajstić information content (AvgIpc) is 2.76. The molecule has 3 rings (SSSR count). The zero-order valence-electron chi connectivity index (χ0n) is 16.4. The van der Waals surface area contributed by atoms with Crippen LogP contribution in [0.25, 0.3) is 16.8 Å². The summed E-state index contributed by atoms with van der Waals surface area (Å²) in [6.07, 6.45) is 1.47. The van der Waals surface area contributed by atoms with E-state index in [-0.39, 0.29) is 5.57 Å². The number of nitriles is 1. The SMILES string of the molecule is COc1cc(/C=C(\C#N)C(=O)Nc2ccc3ccccc3c2)cc(OC)c1OC. The van der Waals surface area contributed by atoms with Gasteiger partial charge < -0.3 is 19.5 Å². The average molecular weight is 388 g/mol. The minimum absolute atomic E-state index is 0.0487. The first kappa shape index (κ1) is 19.8. The van der Waals surface area contributed by atoms with Crippen molar-refractivity contribution in [1.82, 2.24) is 0 Å². The van der Waals surface area contributed by atoms with Crippen LogP contribution < -0.4 is 19.5 Å². The quantitative estimate of drug-likeness (QED) is 0.500. The Morgan fingerprint density at radius 2 is 1.59 bits per heavy atom. The summed E-state index contributed by atoms with van der Waals surface area (Å²) in [6.45, 7) is 0. The minimum atomic E-state index is -0.503.